The Balaban J connectivity index is 0. The van der Waals surface area contributed by atoms with Crippen molar-refractivity contribution in [2.45, 2.75) is 44.9 Å². The second kappa shape index (κ2) is 10.8. The topological polar surface area (TPSA) is 23.8 Å². The van der Waals surface area contributed by atoms with Crippen LogP contribution < -0.4 is 24.8 Å². The van der Waals surface area contributed by atoms with E-state index in [1.54, 1.807) is 11.1 Å². The Morgan fingerprint density at radius 3 is 1.38 bits per heavy atom. The van der Waals surface area contributed by atoms with Gasteiger partial charge >= 0.3 is 21.7 Å². The summed E-state index contributed by atoms with van der Waals surface area (Å²) in [6.07, 6.45) is 0. The number of halogens is 2. The predicted molar refractivity (Wildman–Crippen MR) is 95.3 cm³/mol. The second-order valence-electron chi connectivity index (χ2n) is 6.93. The fourth-order valence-electron chi connectivity index (χ4n) is 2.78. The monoisotopic (exact) mass is 413 g/mol. The van der Waals surface area contributed by atoms with Crippen LogP contribution in [-0.4, -0.2) is 14.3 Å². The summed E-state index contributed by atoms with van der Waals surface area (Å²) in [6, 6.07) is 17.8. The Labute approximate surface area is 176 Å². The van der Waals surface area contributed by atoms with E-state index in [-0.39, 0.29) is 60.9 Å². The third kappa shape index (κ3) is 6.67. The summed E-state index contributed by atoms with van der Waals surface area (Å²) in [5.41, 5.74) is 13.4. The summed E-state index contributed by atoms with van der Waals surface area (Å²) in [5.74, 6) is 0. The van der Waals surface area contributed by atoms with Gasteiger partial charge in [-0.15, -0.1) is 5.54 Å². The van der Waals surface area contributed by atoms with Gasteiger partial charge in [-0.3, -0.25) is 0 Å². The fraction of sp³-hybridized carbons (Fsp3) is 0.368. The molecule has 2 aromatic carbocycles. The van der Waals surface area contributed by atoms with Gasteiger partial charge in [0.15, 0.2) is 0 Å². The molecule has 0 atom stereocenters. The first-order valence-electron chi connectivity index (χ1n) is 7.52. The summed E-state index contributed by atoms with van der Waals surface area (Å²) in [6.45, 7) is 10.4. The smallest absolute Gasteiger partial charge is 1.00 e. The summed E-state index contributed by atoms with van der Waals surface area (Å²) in [7, 11) is -0.336. The van der Waals surface area contributed by atoms with E-state index in [2.05, 4.69) is 61.6 Å². The van der Waals surface area contributed by atoms with Crippen LogP contribution in [0.5, 0.6) is 0 Å². The first kappa shape index (κ1) is 26.1. The van der Waals surface area contributed by atoms with Crippen LogP contribution in [0, 0.1) is 0 Å². The first-order valence-corrected chi connectivity index (χ1v) is 10.1. The molecule has 0 bridgehead atoms. The number of hydrogen-bond donors (Lipinski definition) is 0. The zero-order valence-corrected chi connectivity index (χ0v) is 19.0. The fourth-order valence-corrected chi connectivity index (χ4v) is 4.53. The summed E-state index contributed by atoms with van der Waals surface area (Å²) in [4.78, 5) is 0. The minimum absolute atomic E-state index is 0. The molecule has 0 heterocycles. The van der Waals surface area contributed by atoms with E-state index in [9.17, 15) is 0 Å². The number of rotatable bonds is 1. The molecule has 0 fully saturated rings. The third-order valence-corrected chi connectivity index (χ3v) is 5.19. The quantitative estimate of drug-likeness (QED) is 0.584. The van der Waals surface area contributed by atoms with Gasteiger partial charge in [0, 0.05) is 5.54 Å². The maximum atomic E-state index is 6.94. The second-order valence-corrected chi connectivity index (χ2v) is 9.67. The SMILES string of the molecule is CC(C)(C)[NH-].C[Si](C)C1c2ccccc2-c2ccccc21.[Cl-].[Cl-].[Ti+3]. The molecule has 1 nitrogen and oxygen atoms in total. The van der Waals surface area contributed by atoms with Crippen LogP contribution in [0.3, 0.4) is 0 Å². The van der Waals surface area contributed by atoms with Crippen LogP contribution in [0.1, 0.15) is 37.4 Å². The van der Waals surface area contributed by atoms with Crippen molar-refractivity contribution in [2.24, 2.45) is 0 Å². The van der Waals surface area contributed by atoms with Gasteiger partial charge in [0.05, 0.1) is 8.80 Å². The average molecular weight is 414 g/mol. The van der Waals surface area contributed by atoms with Crippen LogP contribution in [0.25, 0.3) is 16.9 Å². The van der Waals surface area contributed by atoms with E-state index >= 15 is 0 Å². The van der Waals surface area contributed by atoms with Crippen LogP contribution >= 0.6 is 0 Å². The maximum Gasteiger partial charge on any atom is 3.00 e. The van der Waals surface area contributed by atoms with Crippen molar-refractivity contribution in [1.82, 2.24) is 0 Å². The normalized spacial score (nSPS) is 11.8. The van der Waals surface area contributed by atoms with Gasteiger partial charge in [-0.25, -0.2) is 0 Å². The number of fused-ring (bicyclic) bond motifs is 3. The van der Waals surface area contributed by atoms with Crippen molar-refractivity contribution >= 4 is 8.80 Å². The summed E-state index contributed by atoms with van der Waals surface area (Å²) in [5, 5.41) is 0. The molecule has 1 N–H and O–H groups in total. The molecule has 1 aliphatic rings. The Kier molecular flexibility index (Phi) is 11.8. The van der Waals surface area contributed by atoms with Crippen LogP contribution in [0.15, 0.2) is 48.5 Å². The van der Waals surface area contributed by atoms with Crippen molar-refractivity contribution in [3.05, 3.63) is 65.4 Å². The van der Waals surface area contributed by atoms with Gasteiger partial charge in [-0.1, -0.05) is 82.4 Å². The molecule has 0 spiro atoms. The zero-order chi connectivity index (χ0) is 15.6. The van der Waals surface area contributed by atoms with E-state index in [0.717, 1.165) is 0 Å². The van der Waals surface area contributed by atoms with Gasteiger partial charge in [0.1, 0.15) is 0 Å². The maximum absolute atomic E-state index is 6.94. The Morgan fingerprint density at radius 1 is 0.792 bits per heavy atom. The Morgan fingerprint density at radius 2 is 1.08 bits per heavy atom. The molecular weight excluding hydrogens is 389 g/mol. The van der Waals surface area contributed by atoms with Gasteiger partial charge in [-0.2, -0.15) is 0 Å². The Bertz CT molecular complexity index is 575. The molecule has 0 saturated carbocycles. The van der Waals surface area contributed by atoms with Crippen molar-refractivity contribution in [3.8, 4) is 11.1 Å². The standard InChI is InChI=1S/C15H15Si.C4H10N.2ClH.Ti/c1-16(2)15-13-9-5-3-7-11(13)12-8-4-6-10-14(12)15;1-4(2,3)5;;;/h3-10,15H,1-2H3;5H,1-3H3;2*1H;/q;-1;;;+3/p-2. The third-order valence-electron chi connectivity index (χ3n) is 3.41. The Hall–Kier alpha value is -0.0888. The molecule has 2 radical (unpaired) electrons. The van der Waals surface area contributed by atoms with E-state index in [4.69, 9.17) is 5.73 Å². The van der Waals surface area contributed by atoms with Crippen molar-refractivity contribution in [2.75, 3.05) is 0 Å². The van der Waals surface area contributed by atoms with Gasteiger partial charge in [-0.05, 0) is 22.3 Å². The van der Waals surface area contributed by atoms with Gasteiger partial charge < -0.3 is 30.5 Å². The summed E-state index contributed by atoms with van der Waals surface area (Å²) >= 11 is 0. The van der Waals surface area contributed by atoms with E-state index < -0.39 is 0 Å². The number of benzene rings is 2. The van der Waals surface area contributed by atoms with Crippen molar-refractivity contribution < 1.29 is 46.5 Å². The largest absolute Gasteiger partial charge is 3.00 e. The van der Waals surface area contributed by atoms with Gasteiger partial charge in [0.2, 0.25) is 0 Å². The van der Waals surface area contributed by atoms with Crippen LogP contribution in [0.4, 0.5) is 0 Å². The molecule has 0 unspecified atom stereocenters. The average Bonchev–Trinajstić information content (AvgIpc) is 2.71. The molecule has 128 valence electrons. The minimum atomic E-state index is -0.336. The molecule has 0 aromatic heterocycles. The molecule has 1 aliphatic carbocycles. The summed E-state index contributed by atoms with van der Waals surface area (Å²) < 4.78 is 0. The first-order chi connectivity index (χ1) is 9.79. The molecule has 0 saturated heterocycles. The molecule has 5 heteroatoms. The zero-order valence-electron chi connectivity index (χ0n) is 15.0. The van der Waals surface area contributed by atoms with Crippen molar-refractivity contribution in [1.29, 1.82) is 0 Å². The molecule has 24 heavy (non-hydrogen) atoms. The number of nitrogens with one attached hydrogen (secondary N) is 1. The van der Waals surface area contributed by atoms with Crippen LogP contribution in [-0.2, 0) is 21.7 Å². The number of hydrogen-bond acceptors (Lipinski definition) is 0. The van der Waals surface area contributed by atoms with E-state index in [0.29, 0.717) is 5.54 Å². The van der Waals surface area contributed by atoms with Crippen molar-refractivity contribution in [3.63, 3.8) is 0 Å². The molecule has 0 aliphatic heterocycles. The minimum Gasteiger partial charge on any atom is -1.00 e. The molecular formula is C19H25Cl2NSiTi. The molecule has 0 amide bonds. The molecule has 2 aromatic rings. The van der Waals surface area contributed by atoms with E-state index in [1.807, 2.05) is 20.8 Å². The van der Waals surface area contributed by atoms with E-state index in [1.165, 1.54) is 11.1 Å². The van der Waals surface area contributed by atoms with Crippen LogP contribution in [0.2, 0.25) is 13.1 Å². The molecule has 3 rings (SSSR count). The van der Waals surface area contributed by atoms with Gasteiger partial charge in [0.25, 0.3) is 0 Å². The predicted octanol–water partition coefficient (Wildman–Crippen LogP) is -0.0649.